The lowest BCUT2D eigenvalue weighted by Gasteiger charge is -2.42. The molecule has 1 N–H and O–H groups in total. The Labute approximate surface area is 102 Å². The number of rotatable bonds is 3. The lowest BCUT2D eigenvalue weighted by molar-refractivity contribution is -0.139. The fourth-order valence-electron chi connectivity index (χ4n) is 3.55. The van der Waals surface area contributed by atoms with Crippen molar-refractivity contribution in [3.63, 3.8) is 0 Å². The SMILES string of the molecule is O=C(O)CC1(c2cccc3c2CCC3)CCC1. The van der Waals surface area contributed by atoms with Crippen LogP contribution in [0.15, 0.2) is 18.2 Å². The molecule has 0 spiro atoms. The molecule has 0 heterocycles. The number of carboxylic acids is 1. The summed E-state index contributed by atoms with van der Waals surface area (Å²) >= 11 is 0. The van der Waals surface area contributed by atoms with Crippen molar-refractivity contribution >= 4 is 5.97 Å². The Morgan fingerprint density at radius 3 is 2.71 bits per heavy atom. The second kappa shape index (κ2) is 3.86. The van der Waals surface area contributed by atoms with Crippen molar-refractivity contribution in [3.8, 4) is 0 Å². The number of hydrogen-bond acceptors (Lipinski definition) is 1. The average molecular weight is 230 g/mol. The van der Waals surface area contributed by atoms with Gasteiger partial charge in [-0.05, 0) is 48.8 Å². The van der Waals surface area contributed by atoms with Gasteiger partial charge in [0.25, 0.3) is 0 Å². The number of carbonyl (C=O) groups is 1. The van der Waals surface area contributed by atoms with E-state index in [1.165, 1.54) is 36.0 Å². The van der Waals surface area contributed by atoms with E-state index in [1.807, 2.05) is 0 Å². The van der Waals surface area contributed by atoms with Crippen LogP contribution in [0.5, 0.6) is 0 Å². The minimum absolute atomic E-state index is 0.0402. The monoisotopic (exact) mass is 230 g/mol. The lowest BCUT2D eigenvalue weighted by Crippen LogP contribution is -2.37. The number of fused-ring (bicyclic) bond motifs is 1. The maximum Gasteiger partial charge on any atom is 0.304 e. The quantitative estimate of drug-likeness (QED) is 0.866. The molecule has 2 aliphatic carbocycles. The summed E-state index contributed by atoms with van der Waals surface area (Å²) in [6.45, 7) is 0. The summed E-state index contributed by atoms with van der Waals surface area (Å²) in [4.78, 5) is 11.1. The Morgan fingerprint density at radius 2 is 2.06 bits per heavy atom. The van der Waals surface area contributed by atoms with Gasteiger partial charge in [0.05, 0.1) is 6.42 Å². The smallest absolute Gasteiger partial charge is 0.304 e. The highest BCUT2D eigenvalue weighted by molar-refractivity contribution is 5.70. The fourth-order valence-corrected chi connectivity index (χ4v) is 3.55. The number of benzene rings is 1. The third kappa shape index (κ3) is 1.67. The third-order valence-electron chi connectivity index (χ3n) is 4.52. The third-order valence-corrected chi connectivity index (χ3v) is 4.52. The summed E-state index contributed by atoms with van der Waals surface area (Å²) in [6, 6.07) is 6.49. The summed E-state index contributed by atoms with van der Waals surface area (Å²) < 4.78 is 0. The van der Waals surface area contributed by atoms with Crippen molar-refractivity contribution < 1.29 is 9.90 Å². The molecule has 0 aliphatic heterocycles. The maximum atomic E-state index is 11.1. The fraction of sp³-hybridized carbons (Fsp3) is 0.533. The molecule has 0 atom stereocenters. The number of hydrogen-bond donors (Lipinski definition) is 1. The van der Waals surface area contributed by atoms with E-state index in [0.717, 1.165) is 19.3 Å². The van der Waals surface area contributed by atoms with Crippen LogP contribution in [0.25, 0.3) is 0 Å². The van der Waals surface area contributed by atoms with Crippen LogP contribution >= 0.6 is 0 Å². The second-order valence-corrected chi connectivity index (χ2v) is 5.50. The van der Waals surface area contributed by atoms with Crippen LogP contribution in [0, 0.1) is 0 Å². The first-order valence-electron chi connectivity index (χ1n) is 6.54. The minimum atomic E-state index is -0.652. The van der Waals surface area contributed by atoms with E-state index >= 15 is 0 Å². The number of carboxylic acid groups (broad SMARTS) is 1. The van der Waals surface area contributed by atoms with Gasteiger partial charge in [-0.1, -0.05) is 24.6 Å². The lowest BCUT2D eigenvalue weighted by atomic mass is 9.61. The summed E-state index contributed by atoms with van der Waals surface area (Å²) in [6.07, 6.45) is 7.14. The van der Waals surface area contributed by atoms with Crippen molar-refractivity contribution in [2.75, 3.05) is 0 Å². The molecule has 90 valence electrons. The molecule has 1 fully saturated rings. The first-order valence-corrected chi connectivity index (χ1v) is 6.54. The van der Waals surface area contributed by atoms with Crippen molar-refractivity contribution in [2.45, 2.75) is 50.4 Å². The van der Waals surface area contributed by atoms with Crippen molar-refractivity contribution in [3.05, 3.63) is 34.9 Å². The molecule has 1 saturated carbocycles. The Kier molecular flexibility index (Phi) is 2.46. The highest BCUT2D eigenvalue weighted by Gasteiger charge is 2.42. The van der Waals surface area contributed by atoms with Crippen molar-refractivity contribution in [2.24, 2.45) is 0 Å². The molecule has 0 amide bonds. The predicted molar refractivity (Wildman–Crippen MR) is 66.2 cm³/mol. The molecule has 1 aromatic carbocycles. The molecular formula is C15H18O2. The van der Waals surface area contributed by atoms with E-state index in [0.29, 0.717) is 6.42 Å². The molecule has 0 saturated heterocycles. The van der Waals surface area contributed by atoms with Gasteiger partial charge in [-0.3, -0.25) is 4.79 Å². The molecule has 0 radical (unpaired) electrons. The van der Waals surface area contributed by atoms with E-state index in [1.54, 1.807) is 0 Å². The first-order chi connectivity index (χ1) is 8.21. The zero-order valence-corrected chi connectivity index (χ0v) is 10.0. The van der Waals surface area contributed by atoms with Gasteiger partial charge in [0.15, 0.2) is 0 Å². The van der Waals surface area contributed by atoms with Crippen LogP contribution in [0.2, 0.25) is 0 Å². The van der Waals surface area contributed by atoms with Crippen LogP contribution in [-0.4, -0.2) is 11.1 Å². The summed E-state index contributed by atoms with van der Waals surface area (Å²) in [7, 11) is 0. The molecule has 3 rings (SSSR count). The molecule has 0 unspecified atom stereocenters. The normalized spacial score (nSPS) is 20.7. The largest absolute Gasteiger partial charge is 0.481 e. The highest BCUT2D eigenvalue weighted by Crippen LogP contribution is 2.49. The number of aliphatic carboxylic acids is 1. The van der Waals surface area contributed by atoms with Gasteiger partial charge in [0, 0.05) is 5.41 Å². The molecule has 17 heavy (non-hydrogen) atoms. The van der Waals surface area contributed by atoms with Gasteiger partial charge >= 0.3 is 5.97 Å². The molecule has 1 aromatic rings. The zero-order valence-electron chi connectivity index (χ0n) is 10.0. The van der Waals surface area contributed by atoms with E-state index in [-0.39, 0.29) is 5.41 Å². The predicted octanol–water partition coefficient (Wildman–Crippen LogP) is 3.07. The molecule has 2 heteroatoms. The topological polar surface area (TPSA) is 37.3 Å². The van der Waals surface area contributed by atoms with E-state index in [9.17, 15) is 4.79 Å². The minimum Gasteiger partial charge on any atom is -0.481 e. The standard InChI is InChI=1S/C15H18O2/c16-14(17)10-15(8-3-9-15)13-7-2-5-11-4-1-6-12(11)13/h2,5,7H,1,3-4,6,8-10H2,(H,16,17). The Hall–Kier alpha value is -1.31. The van der Waals surface area contributed by atoms with Gasteiger partial charge in [-0.25, -0.2) is 0 Å². The zero-order chi connectivity index (χ0) is 11.9. The average Bonchev–Trinajstić information content (AvgIpc) is 2.70. The highest BCUT2D eigenvalue weighted by atomic mass is 16.4. The molecule has 2 aliphatic rings. The Balaban J connectivity index is 2.02. The van der Waals surface area contributed by atoms with Crippen LogP contribution in [-0.2, 0) is 23.1 Å². The Bertz CT molecular complexity index is 458. The molecule has 2 nitrogen and oxygen atoms in total. The van der Waals surface area contributed by atoms with Gasteiger partial charge in [-0.2, -0.15) is 0 Å². The second-order valence-electron chi connectivity index (χ2n) is 5.50. The van der Waals surface area contributed by atoms with Crippen LogP contribution < -0.4 is 0 Å². The van der Waals surface area contributed by atoms with Gasteiger partial charge in [-0.15, -0.1) is 0 Å². The van der Waals surface area contributed by atoms with Crippen molar-refractivity contribution in [1.29, 1.82) is 0 Å². The van der Waals surface area contributed by atoms with E-state index in [4.69, 9.17) is 5.11 Å². The molecular weight excluding hydrogens is 212 g/mol. The van der Waals surface area contributed by atoms with E-state index in [2.05, 4.69) is 18.2 Å². The summed E-state index contributed by atoms with van der Waals surface area (Å²) in [5.74, 6) is -0.652. The van der Waals surface area contributed by atoms with Gasteiger partial charge < -0.3 is 5.11 Å². The van der Waals surface area contributed by atoms with Gasteiger partial charge in [0.2, 0.25) is 0 Å². The summed E-state index contributed by atoms with van der Waals surface area (Å²) in [5.41, 5.74) is 4.23. The molecule has 0 aromatic heterocycles. The van der Waals surface area contributed by atoms with Crippen LogP contribution in [0.1, 0.15) is 48.8 Å². The molecule has 0 bridgehead atoms. The van der Waals surface area contributed by atoms with E-state index < -0.39 is 5.97 Å². The Morgan fingerprint density at radius 1 is 1.24 bits per heavy atom. The maximum absolute atomic E-state index is 11.1. The van der Waals surface area contributed by atoms with Crippen LogP contribution in [0.4, 0.5) is 0 Å². The number of aryl methyl sites for hydroxylation is 1. The van der Waals surface area contributed by atoms with Gasteiger partial charge in [0.1, 0.15) is 0 Å². The van der Waals surface area contributed by atoms with Crippen molar-refractivity contribution in [1.82, 2.24) is 0 Å². The van der Waals surface area contributed by atoms with Crippen LogP contribution in [0.3, 0.4) is 0 Å². The summed E-state index contributed by atoms with van der Waals surface area (Å²) in [5, 5.41) is 9.12. The first kappa shape index (κ1) is 10.8.